The fourth-order valence-electron chi connectivity index (χ4n) is 2.21. The quantitative estimate of drug-likeness (QED) is 0.845. The highest BCUT2D eigenvalue weighted by atomic mass is 35.5. The van der Waals surface area contributed by atoms with Crippen molar-refractivity contribution in [2.45, 2.75) is 13.1 Å². The maximum atomic E-state index is 6.28. The SMILES string of the molecule is COc1ccccc1CNCc1cc(OC)c(OC)cc1Cl. The van der Waals surface area contributed by atoms with Crippen LogP contribution in [0, 0.1) is 0 Å². The summed E-state index contributed by atoms with van der Waals surface area (Å²) in [4.78, 5) is 0. The van der Waals surface area contributed by atoms with Crippen LogP contribution in [0.25, 0.3) is 0 Å². The molecule has 0 radical (unpaired) electrons. The van der Waals surface area contributed by atoms with Gasteiger partial charge in [0, 0.05) is 29.7 Å². The highest BCUT2D eigenvalue weighted by Gasteiger charge is 2.10. The topological polar surface area (TPSA) is 39.7 Å². The van der Waals surface area contributed by atoms with Crippen molar-refractivity contribution in [3.05, 3.63) is 52.5 Å². The summed E-state index contributed by atoms with van der Waals surface area (Å²) in [6.07, 6.45) is 0. The molecule has 2 rings (SSSR count). The summed E-state index contributed by atoms with van der Waals surface area (Å²) in [6, 6.07) is 11.6. The first-order valence-corrected chi connectivity index (χ1v) is 7.30. The molecule has 2 aromatic carbocycles. The van der Waals surface area contributed by atoms with Gasteiger partial charge < -0.3 is 19.5 Å². The van der Waals surface area contributed by atoms with Gasteiger partial charge in [-0.1, -0.05) is 29.8 Å². The van der Waals surface area contributed by atoms with Crippen LogP contribution in [0.3, 0.4) is 0 Å². The number of ether oxygens (including phenoxy) is 3. The molecule has 118 valence electrons. The van der Waals surface area contributed by atoms with E-state index in [1.54, 1.807) is 27.4 Å². The zero-order chi connectivity index (χ0) is 15.9. The predicted molar refractivity (Wildman–Crippen MR) is 88.1 cm³/mol. The molecule has 0 unspecified atom stereocenters. The van der Waals surface area contributed by atoms with Crippen LogP contribution in [-0.4, -0.2) is 21.3 Å². The summed E-state index contributed by atoms with van der Waals surface area (Å²) in [5.41, 5.74) is 2.05. The van der Waals surface area contributed by atoms with E-state index in [1.807, 2.05) is 30.3 Å². The molecule has 0 saturated heterocycles. The normalized spacial score (nSPS) is 10.4. The molecule has 0 bridgehead atoms. The second-order valence-electron chi connectivity index (χ2n) is 4.71. The van der Waals surface area contributed by atoms with Crippen LogP contribution in [0.2, 0.25) is 5.02 Å². The van der Waals surface area contributed by atoms with Crippen molar-refractivity contribution in [3.63, 3.8) is 0 Å². The molecule has 0 heterocycles. The van der Waals surface area contributed by atoms with Gasteiger partial charge in [-0.25, -0.2) is 0 Å². The molecular weight excluding hydrogens is 302 g/mol. The lowest BCUT2D eigenvalue weighted by Gasteiger charge is -2.13. The molecule has 2 aromatic rings. The van der Waals surface area contributed by atoms with Gasteiger partial charge in [0.15, 0.2) is 11.5 Å². The first-order chi connectivity index (χ1) is 10.7. The van der Waals surface area contributed by atoms with Gasteiger partial charge in [-0.3, -0.25) is 0 Å². The van der Waals surface area contributed by atoms with Crippen molar-refractivity contribution >= 4 is 11.6 Å². The minimum atomic E-state index is 0.622. The summed E-state index contributed by atoms with van der Waals surface area (Å²) in [6.45, 7) is 1.31. The largest absolute Gasteiger partial charge is 0.496 e. The smallest absolute Gasteiger partial charge is 0.162 e. The molecule has 4 nitrogen and oxygen atoms in total. The second-order valence-corrected chi connectivity index (χ2v) is 5.12. The molecular formula is C17H20ClNO3. The number of nitrogens with one attached hydrogen (secondary N) is 1. The summed E-state index contributed by atoms with van der Waals surface area (Å²) in [7, 11) is 4.87. The van der Waals surface area contributed by atoms with Crippen LogP contribution in [0.1, 0.15) is 11.1 Å². The molecule has 0 amide bonds. The van der Waals surface area contributed by atoms with Crippen LogP contribution < -0.4 is 19.5 Å². The third kappa shape index (κ3) is 3.84. The van der Waals surface area contributed by atoms with Crippen LogP contribution in [0.4, 0.5) is 0 Å². The van der Waals surface area contributed by atoms with Gasteiger partial charge in [-0.05, 0) is 17.7 Å². The number of para-hydroxylation sites is 1. The molecule has 5 heteroatoms. The van der Waals surface area contributed by atoms with Crippen molar-refractivity contribution in [2.24, 2.45) is 0 Å². The summed E-state index contributed by atoms with van der Waals surface area (Å²) >= 11 is 6.28. The predicted octanol–water partition coefficient (Wildman–Crippen LogP) is 3.66. The Morgan fingerprint density at radius 2 is 1.41 bits per heavy atom. The Balaban J connectivity index is 2.05. The molecule has 0 saturated carbocycles. The Morgan fingerprint density at radius 1 is 0.818 bits per heavy atom. The molecule has 0 aliphatic heterocycles. The number of hydrogen-bond donors (Lipinski definition) is 1. The second kappa shape index (κ2) is 7.92. The Morgan fingerprint density at radius 3 is 2.09 bits per heavy atom. The number of benzene rings is 2. The van der Waals surface area contributed by atoms with E-state index in [2.05, 4.69) is 5.32 Å². The van der Waals surface area contributed by atoms with Gasteiger partial charge >= 0.3 is 0 Å². The van der Waals surface area contributed by atoms with Crippen molar-refractivity contribution in [3.8, 4) is 17.2 Å². The average Bonchev–Trinajstić information content (AvgIpc) is 2.56. The van der Waals surface area contributed by atoms with Crippen LogP contribution >= 0.6 is 11.6 Å². The van der Waals surface area contributed by atoms with Gasteiger partial charge in [-0.2, -0.15) is 0 Å². The molecule has 1 N–H and O–H groups in total. The first kappa shape index (κ1) is 16.5. The zero-order valence-electron chi connectivity index (χ0n) is 13.0. The van der Waals surface area contributed by atoms with Crippen molar-refractivity contribution in [2.75, 3.05) is 21.3 Å². The molecule has 0 atom stereocenters. The summed E-state index contributed by atoms with van der Waals surface area (Å²) in [5.74, 6) is 2.16. The zero-order valence-corrected chi connectivity index (χ0v) is 13.7. The highest BCUT2D eigenvalue weighted by molar-refractivity contribution is 6.31. The Labute approximate surface area is 136 Å². The number of methoxy groups -OCH3 is 3. The van der Waals surface area contributed by atoms with Crippen LogP contribution in [0.5, 0.6) is 17.2 Å². The van der Waals surface area contributed by atoms with E-state index in [4.69, 9.17) is 25.8 Å². The molecule has 0 aromatic heterocycles. The fourth-order valence-corrected chi connectivity index (χ4v) is 2.43. The average molecular weight is 322 g/mol. The van der Waals surface area contributed by atoms with Gasteiger partial charge in [0.2, 0.25) is 0 Å². The van der Waals surface area contributed by atoms with Crippen molar-refractivity contribution < 1.29 is 14.2 Å². The van der Waals surface area contributed by atoms with Gasteiger partial charge in [-0.15, -0.1) is 0 Å². The first-order valence-electron chi connectivity index (χ1n) is 6.92. The molecule has 22 heavy (non-hydrogen) atoms. The lowest BCUT2D eigenvalue weighted by Crippen LogP contribution is -2.14. The maximum absolute atomic E-state index is 6.28. The fraction of sp³-hybridized carbons (Fsp3) is 0.294. The maximum Gasteiger partial charge on any atom is 0.162 e. The van der Waals surface area contributed by atoms with E-state index in [-0.39, 0.29) is 0 Å². The van der Waals surface area contributed by atoms with E-state index < -0.39 is 0 Å². The van der Waals surface area contributed by atoms with E-state index in [1.165, 1.54) is 0 Å². The molecule has 0 spiro atoms. The molecule has 0 aliphatic rings. The standard InChI is InChI=1S/C17H20ClNO3/c1-20-15-7-5-4-6-12(15)10-19-11-13-8-16(21-2)17(22-3)9-14(13)18/h4-9,19H,10-11H2,1-3H3. The summed E-state index contributed by atoms with van der Waals surface area (Å²) in [5, 5.41) is 4.01. The van der Waals surface area contributed by atoms with E-state index in [0.29, 0.717) is 29.6 Å². The highest BCUT2D eigenvalue weighted by Crippen LogP contribution is 2.33. The molecule has 0 fully saturated rings. The number of rotatable bonds is 7. The number of halogens is 1. The van der Waals surface area contributed by atoms with Crippen molar-refractivity contribution in [1.29, 1.82) is 0 Å². The van der Waals surface area contributed by atoms with Gasteiger partial charge in [0.25, 0.3) is 0 Å². The van der Waals surface area contributed by atoms with E-state index in [9.17, 15) is 0 Å². The summed E-state index contributed by atoms with van der Waals surface area (Å²) < 4.78 is 15.9. The minimum absolute atomic E-state index is 0.622. The van der Waals surface area contributed by atoms with Crippen LogP contribution in [0.15, 0.2) is 36.4 Å². The third-order valence-corrected chi connectivity index (χ3v) is 3.73. The van der Waals surface area contributed by atoms with Crippen LogP contribution in [-0.2, 0) is 13.1 Å². The number of hydrogen-bond acceptors (Lipinski definition) is 4. The lowest BCUT2D eigenvalue weighted by atomic mass is 10.1. The lowest BCUT2D eigenvalue weighted by molar-refractivity contribution is 0.354. The van der Waals surface area contributed by atoms with E-state index >= 15 is 0 Å². The van der Waals surface area contributed by atoms with Gasteiger partial charge in [0.05, 0.1) is 21.3 Å². The monoisotopic (exact) mass is 321 g/mol. The molecule has 0 aliphatic carbocycles. The Bertz CT molecular complexity index is 631. The third-order valence-electron chi connectivity index (χ3n) is 3.38. The van der Waals surface area contributed by atoms with Crippen molar-refractivity contribution in [1.82, 2.24) is 5.32 Å². The minimum Gasteiger partial charge on any atom is -0.496 e. The van der Waals surface area contributed by atoms with Gasteiger partial charge in [0.1, 0.15) is 5.75 Å². The Kier molecular flexibility index (Phi) is 5.92. The van der Waals surface area contributed by atoms with E-state index in [0.717, 1.165) is 16.9 Å². The Hall–Kier alpha value is -1.91.